The Hall–Kier alpha value is -1.39. The van der Waals surface area contributed by atoms with Crippen molar-refractivity contribution in [2.24, 2.45) is 11.8 Å². The minimum atomic E-state index is -0.0902. The molecule has 1 aromatic rings. The van der Waals surface area contributed by atoms with Gasteiger partial charge in [0.05, 0.1) is 19.1 Å². The van der Waals surface area contributed by atoms with E-state index in [0.717, 1.165) is 25.9 Å². The van der Waals surface area contributed by atoms with Crippen LogP contribution in [0, 0.1) is 11.8 Å². The van der Waals surface area contributed by atoms with Gasteiger partial charge < -0.3 is 4.74 Å². The molecule has 1 saturated heterocycles. The standard InChI is InChI=1S/C15H19NO3/c1-18-15(17)12-7-13-10-16(19-14(13)8-12)9-11-5-3-2-4-6-11/h2-6,12-14H,7-10H2,1H3/t12-,13+,14+/m0/s1. The molecule has 2 fully saturated rings. The van der Waals surface area contributed by atoms with Crippen LogP contribution in [-0.2, 0) is 20.9 Å². The summed E-state index contributed by atoms with van der Waals surface area (Å²) in [6.45, 7) is 1.73. The molecular formula is C15H19NO3. The Bertz CT molecular complexity index is 434. The van der Waals surface area contributed by atoms with Crippen molar-refractivity contribution in [3.05, 3.63) is 35.9 Å². The van der Waals surface area contributed by atoms with Gasteiger partial charge in [-0.05, 0) is 18.4 Å². The highest BCUT2D eigenvalue weighted by molar-refractivity contribution is 5.72. The number of carbonyl (C=O) groups is 1. The van der Waals surface area contributed by atoms with Gasteiger partial charge in [-0.15, -0.1) is 0 Å². The van der Waals surface area contributed by atoms with Crippen LogP contribution in [0.25, 0.3) is 0 Å². The second-order valence-corrected chi connectivity index (χ2v) is 5.40. The van der Waals surface area contributed by atoms with Gasteiger partial charge in [-0.2, -0.15) is 5.06 Å². The van der Waals surface area contributed by atoms with Crippen LogP contribution >= 0.6 is 0 Å². The van der Waals surface area contributed by atoms with Gasteiger partial charge in [0.1, 0.15) is 0 Å². The zero-order chi connectivity index (χ0) is 13.2. The minimum Gasteiger partial charge on any atom is -0.469 e. The highest BCUT2D eigenvalue weighted by atomic mass is 16.7. The van der Waals surface area contributed by atoms with E-state index in [2.05, 4.69) is 12.1 Å². The van der Waals surface area contributed by atoms with Gasteiger partial charge >= 0.3 is 5.97 Å². The third-order valence-electron chi connectivity index (χ3n) is 4.09. The number of hydroxylamine groups is 2. The second-order valence-electron chi connectivity index (χ2n) is 5.40. The molecule has 3 rings (SSSR count). The highest BCUT2D eigenvalue weighted by Crippen LogP contribution is 2.39. The molecule has 4 heteroatoms. The third-order valence-corrected chi connectivity index (χ3v) is 4.09. The summed E-state index contributed by atoms with van der Waals surface area (Å²) in [5, 5.41) is 2.03. The summed E-state index contributed by atoms with van der Waals surface area (Å²) in [4.78, 5) is 17.5. The normalized spacial score (nSPS) is 30.3. The van der Waals surface area contributed by atoms with E-state index in [-0.39, 0.29) is 18.0 Å². The van der Waals surface area contributed by atoms with Crippen molar-refractivity contribution in [1.82, 2.24) is 5.06 Å². The number of ether oxygens (including phenoxy) is 1. The molecule has 19 heavy (non-hydrogen) atoms. The molecule has 0 unspecified atom stereocenters. The Balaban J connectivity index is 1.55. The number of benzene rings is 1. The molecule has 2 aliphatic rings. The molecule has 4 nitrogen and oxygen atoms in total. The van der Waals surface area contributed by atoms with E-state index in [1.165, 1.54) is 12.7 Å². The summed E-state index contributed by atoms with van der Waals surface area (Å²) >= 11 is 0. The maximum absolute atomic E-state index is 11.5. The summed E-state index contributed by atoms with van der Waals surface area (Å²) in [7, 11) is 1.46. The van der Waals surface area contributed by atoms with Gasteiger partial charge in [0, 0.05) is 19.0 Å². The van der Waals surface area contributed by atoms with Gasteiger partial charge in [-0.1, -0.05) is 30.3 Å². The van der Waals surface area contributed by atoms with E-state index < -0.39 is 0 Å². The number of rotatable bonds is 3. The minimum absolute atomic E-state index is 0.0267. The maximum atomic E-state index is 11.5. The zero-order valence-electron chi connectivity index (χ0n) is 11.1. The van der Waals surface area contributed by atoms with Crippen LogP contribution in [0.4, 0.5) is 0 Å². The zero-order valence-corrected chi connectivity index (χ0v) is 11.1. The third kappa shape index (κ3) is 2.65. The molecule has 0 amide bonds. The molecule has 1 aliphatic carbocycles. The SMILES string of the molecule is COC(=O)[C@H]1C[C@@H]2CN(Cc3ccccc3)O[C@@H]2C1. The molecule has 0 bridgehead atoms. The molecule has 0 spiro atoms. The van der Waals surface area contributed by atoms with Crippen molar-refractivity contribution in [2.75, 3.05) is 13.7 Å². The lowest BCUT2D eigenvalue weighted by molar-refractivity contribution is -0.160. The van der Waals surface area contributed by atoms with Gasteiger partial charge in [0.15, 0.2) is 0 Å². The Morgan fingerprint density at radius 1 is 1.37 bits per heavy atom. The molecule has 0 N–H and O–H groups in total. The second kappa shape index (κ2) is 5.31. The average Bonchev–Trinajstić information content (AvgIpc) is 2.97. The summed E-state index contributed by atoms with van der Waals surface area (Å²) in [5.74, 6) is 0.402. The fraction of sp³-hybridized carbons (Fsp3) is 0.533. The van der Waals surface area contributed by atoms with Crippen molar-refractivity contribution >= 4 is 5.97 Å². The molecule has 1 aliphatic heterocycles. The maximum Gasteiger partial charge on any atom is 0.308 e. The Morgan fingerprint density at radius 3 is 2.84 bits per heavy atom. The first-order chi connectivity index (χ1) is 9.26. The van der Waals surface area contributed by atoms with Crippen LogP contribution in [0.3, 0.4) is 0 Å². The summed E-state index contributed by atoms with van der Waals surface area (Å²) < 4.78 is 4.81. The van der Waals surface area contributed by atoms with Gasteiger partial charge in [0.25, 0.3) is 0 Å². The Morgan fingerprint density at radius 2 is 2.16 bits per heavy atom. The van der Waals surface area contributed by atoms with Crippen molar-refractivity contribution in [3.8, 4) is 0 Å². The van der Waals surface area contributed by atoms with Crippen LogP contribution in [0.2, 0.25) is 0 Å². The van der Waals surface area contributed by atoms with E-state index in [0.29, 0.717) is 5.92 Å². The van der Waals surface area contributed by atoms with Gasteiger partial charge in [0.2, 0.25) is 0 Å². The summed E-state index contributed by atoms with van der Waals surface area (Å²) in [5.41, 5.74) is 1.26. The van der Waals surface area contributed by atoms with Crippen molar-refractivity contribution in [1.29, 1.82) is 0 Å². The predicted molar refractivity (Wildman–Crippen MR) is 70.0 cm³/mol. The van der Waals surface area contributed by atoms with E-state index >= 15 is 0 Å². The first kappa shape index (κ1) is 12.6. The molecule has 0 radical (unpaired) electrons. The van der Waals surface area contributed by atoms with E-state index in [1.807, 2.05) is 23.3 Å². The fourth-order valence-electron chi connectivity index (χ4n) is 3.15. The lowest BCUT2D eigenvalue weighted by Crippen LogP contribution is -2.22. The Kier molecular flexibility index (Phi) is 3.53. The van der Waals surface area contributed by atoms with E-state index in [9.17, 15) is 4.79 Å². The quantitative estimate of drug-likeness (QED) is 0.780. The number of fused-ring (bicyclic) bond motifs is 1. The smallest absolute Gasteiger partial charge is 0.308 e. The van der Waals surface area contributed by atoms with Crippen LogP contribution < -0.4 is 0 Å². The molecule has 1 aromatic carbocycles. The number of methoxy groups -OCH3 is 1. The van der Waals surface area contributed by atoms with Crippen LogP contribution in [0.1, 0.15) is 18.4 Å². The number of carbonyl (C=O) groups excluding carboxylic acids is 1. The lowest BCUT2D eigenvalue weighted by Gasteiger charge is -2.17. The largest absolute Gasteiger partial charge is 0.469 e. The van der Waals surface area contributed by atoms with Gasteiger partial charge in [-0.3, -0.25) is 9.63 Å². The molecule has 1 heterocycles. The number of hydrogen-bond donors (Lipinski definition) is 0. The highest BCUT2D eigenvalue weighted by Gasteiger charge is 2.45. The monoisotopic (exact) mass is 261 g/mol. The number of nitrogens with zero attached hydrogens (tertiary/aromatic N) is 1. The lowest BCUT2D eigenvalue weighted by atomic mass is 10.0. The molecular weight excluding hydrogens is 242 g/mol. The first-order valence-electron chi connectivity index (χ1n) is 6.79. The summed E-state index contributed by atoms with van der Waals surface area (Å²) in [6.07, 6.45) is 1.87. The van der Waals surface area contributed by atoms with E-state index in [1.54, 1.807) is 0 Å². The van der Waals surface area contributed by atoms with Crippen LogP contribution in [-0.4, -0.2) is 30.8 Å². The molecule has 102 valence electrons. The van der Waals surface area contributed by atoms with Crippen molar-refractivity contribution in [2.45, 2.75) is 25.5 Å². The topological polar surface area (TPSA) is 38.8 Å². The van der Waals surface area contributed by atoms with Crippen LogP contribution in [0.5, 0.6) is 0 Å². The number of esters is 1. The summed E-state index contributed by atoms with van der Waals surface area (Å²) in [6, 6.07) is 10.3. The fourth-order valence-corrected chi connectivity index (χ4v) is 3.15. The first-order valence-corrected chi connectivity index (χ1v) is 6.79. The van der Waals surface area contributed by atoms with E-state index in [4.69, 9.17) is 9.57 Å². The number of hydrogen-bond acceptors (Lipinski definition) is 4. The molecule has 0 aromatic heterocycles. The molecule has 3 atom stereocenters. The average molecular weight is 261 g/mol. The van der Waals surface area contributed by atoms with Crippen molar-refractivity contribution in [3.63, 3.8) is 0 Å². The van der Waals surface area contributed by atoms with Crippen LogP contribution in [0.15, 0.2) is 30.3 Å². The predicted octanol–water partition coefficient (Wildman–Crippen LogP) is 2.00. The van der Waals surface area contributed by atoms with Gasteiger partial charge in [-0.25, -0.2) is 0 Å². The molecule has 1 saturated carbocycles. The Labute approximate surface area is 113 Å². The van der Waals surface area contributed by atoms with Crippen molar-refractivity contribution < 1.29 is 14.4 Å².